The summed E-state index contributed by atoms with van der Waals surface area (Å²) in [5, 5.41) is 3.01. The standard InChI is InChI=1S/C32H21ClN2/c33-28-19-18-22-10-7-8-17-27(22)31(28)25-15-9-16-26(20-25)32-34-29(23-11-3-1-4-12-23)21-30(35-32)24-13-5-2-6-14-24/h1-21H. The third-order valence-electron chi connectivity index (χ3n) is 6.15. The fraction of sp³-hybridized carbons (Fsp3) is 0. The molecule has 0 saturated heterocycles. The summed E-state index contributed by atoms with van der Waals surface area (Å²) in [6.07, 6.45) is 0. The van der Waals surface area contributed by atoms with Crippen LogP contribution in [-0.2, 0) is 0 Å². The molecule has 0 unspecified atom stereocenters. The number of hydrogen-bond donors (Lipinski definition) is 0. The molecule has 5 aromatic carbocycles. The van der Waals surface area contributed by atoms with E-state index in [0.29, 0.717) is 5.82 Å². The largest absolute Gasteiger partial charge is 0.228 e. The summed E-state index contributed by atoms with van der Waals surface area (Å²) >= 11 is 6.72. The fourth-order valence-corrected chi connectivity index (χ4v) is 4.72. The molecule has 1 aromatic heterocycles. The summed E-state index contributed by atoms with van der Waals surface area (Å²) in [6, 6.07) is 43.2. The van der Waals surface area contributed by atoms with Gasteiger partial charge in [0.05, 0.1) is 11.4 Å². The lowest BCUT2D eigenvalue weighted by Gasteiger charge is -2.12. The van der Waals surface area contributed by atoms with Gasteiger partial charge in [0.25, 0.3) is 0 Å². The van der Waals surface area contributed by atoms with Crippen molar-refractivity contribution in [2.24, 2.45) is 0 Å². The first-order chi connectivity index (χ1) is 17.3. The maximum atomic E-state index is 6.72. The van der Waals surface area contributed by atoms with Gasteiger partial charge in [-0.1, -0.05) is 121 Å². The number of nitrogens with zero attached hydrogens (tertiary/aromatic N) is 2. The lowest BCUT2D eigenvalue weighted by atomic mass is 9.96. The number of hydrogen-bond acceptors (Lipinski definition) is 2. The van der Waals surface area contributed by atoms with Crippen LogP contribution in [0.4, 0.5) is 0 Å². The first-order valence-corrected chi connectivity index (χ1v) is 11.9. The molecule has 1 heterocycles. The maximum Gasteiger partial charge on any atom is 0.160 e. The average molecular weight is 469 g/mol. The first-order valence-electron chi connectivity index (χ1n) is 11.5. The summed E-state index contributed by atoms with van der Waals surface area (Å²) in [5.74, 6) is 0.684. The topological polar surface area (TPSA) is 25.8 Å². The normalized spacial score (nSPS) is 11.0. The zero-order valence-corrected chi connectivity index (χ0v) is 19.7. The molecule has 3 heteroatoms. The van der Waals surface area contributed by atoms with E-state index in [2.05, 4.69) is 66.7 Å². The van der Waals surface area contributed by atoms with Crippen LogP contribution >= 0.6 is 11.6 Å². The Morgan fingerprint density at radius 1 is 0.457 bits per heavy atom. The lowest BCUT2D eigenvalue weighted by molar-refractivity contribution is 1.18. The molecule has 0 bridgehead atoms. The van der Waals surface area contributed by atoms with Crippen molar-refractivity contribution in [3.05, 3.63) is 132 Å². The van der Waals surface area contributed by atoms with Crippen molar-refractivity contribution >= 4 is 22.4 Å². The molecule has 0 N–H and O–H groups in total. The maximum absolute atomic E-state index is 6.72. The highest BCUT2D eigenvalue weighted by Gasteiger charge is 2.13. The molecule has 0 radical (unpaired) electrons. The van der Waals surface area contributed by atoms with Crippen LogP contribution in [0.15, 0.2) is 127 Å². The van der Waals surface area contributed by atoms with Crippen molar-refractivity contribution in [1.29, 1.82) is 0 Å². The second-order valence-corrected chi connectivity index (χ2v) is 8.83. The molecule has 0 amide bonds. The molecule has 0 aliphatic carbocycles. The molecule has 166 valence electrons. The number of aromatic nitrogens is 2. The van der Waals surface area contributed by atoms with Crippen molar-refractivity contribution < 1.29 is 0 Å². The van der Waals surface area contributed by atoms with Gasteiger partial charge < -0.3 is 0 Å². The Morgan fingerprint density at radius 3 is 1.71 bits per heavy atom. The average Bonchev–Trinajstić information content (AvgIpc) is 2.94. The van der Waals surface area contributed by atoms with E-state index < -0.39 is 0 Å². The molecule has 0 saturated carbocycles. The van der Waals surface area contributed by atoms with Crippen LogP contribution in [0.5, 0.6) is 0 Å². The van der Waals surface area contributed by atoms with E-state index in [4.69, 9.17) is 21.6 Å². The van der Waals surface area contributed by atoms with Crippen molar-refractivity contribution in [2.45, 2.75) is 0 Å². The van der Waals surface area contributed by atoms with Gasteiger partial charge in [-0.05, 0) is 34.5 Å². The quantitative estimate of drug-likeness (QED) is 0.258. The van der Waals surface area contributed by atoms with Crippen LogP contribution in [0.1, 0.15) is 0 Å². The number of benzene rings is 5. The van der Waals surface area contributed by atoms with Crippen LogP contribution in [0, 0.1) is 0 Å². The lowest BCUT2D eigenvalue weighted by Crippen LogP contribution is -1.96. The van der Waals surface area contributed by atoms with Gasteiger partial charge in [0.2, 0.25) is 0 Å². The predicted molar refractivity (Wildman–Crippen MR) is 146 cm³/mol. The van der Waals surface area contributed by atoms with Crippen LogP contribution in [0.3, 0.4) is 0 Å². The molecular weight excluding hydrogens is 448 g/mol. The van der Waals surface area contributed by atoms with Crippen LogP contribution in [0.2, 0.25) is 5.02 Å². The Kier molecular flexibility index (Phi) is 5.57. The monoisotopic (exact) mass is 468 g/mol. The summed E-state index contributed by atoms with van der Waals surface area (Å²) in [5.41, 5.74) is 6.91. The molecule has 0 spiro atoms. The van der Waals surface area contributed by atoms with Gasteiger partial charge in [0, 0.05) is 27.3 Å². The first kappa shape index (κ1) is 21.3. The highest BCUT2D eigenvalue weighted by molar-refractivity contribution is 6.35. The Bertz CT molecular complexity index is 1590. The molecule has 0 fully saturated rings. The molecule has 0 aliphatic heterocycles. The van der Waals surface area contributed by atoms with Gasteiger partial charge in [-0.15, -0.1) is 0 Å². The Hall–Kier alpha value is -4.27. The highest BCUT2D eigenvalue weighted by Crippen LogP contribution is 2.37. The number of fused-ring (bicyclic) bond motifs is 1. The molecule has 6 aromatic rings. The minimum absolute atomic E-state index is 0.684. The fourth-order valence-electron chi connectivity index (χ4n) is 4.44. The summed E-state index contributed by atoms with van der Waals surface area (Å²) in [6.45, 7) is 0. The van der Waals surface area contributed by atoms with E-state index in [0.717, 1.165) is 55.0 Å². The summed E-state index contributed by atoms with van der Waals surface area (Å²) in [7, 11) is 0. The minimum Gasteiger partial charge on any atom is -0.228 e. The van der Waals surface area contributed by atoms with Gasteiger partial charge in [0.1, 0.15) is 0 Å². The van der Waals surface area contributed by atoms with Crippen LogP contribution in [0.25, 0.3) is 55.8 Å². The van der Waals surface area contributed by atoms with Gasteiger partial charge in [-0.3, -0.25) is 0 Å². The van der Waals surface area contributed by atoms with Crippen molar-refractivity contribution in [3.63, 3.8) is 0 Å². The van der Waals surface area contributed by atoms with Gasteiger partial charge in [-0.2, -0.15) is 0 Å². The summed E-state index contributed by atoms with van der Waals surface area (Å²) in [4.78, 5) is 9.95. The van der Waals surface area contributed by atoms with Crippen molar-refractivity contribution in [3.8, 4) is 45.0 Å². The SMILES string of the molecule is Clc1ccc2ccccc2c1-c1cccc(-c2nc(-c3ccccc3)cc(-c3ccccc3)n2)c1. The minimum atomic E-state index is 0.684. The highest BCUT2D eigenvalue weighted by atomic mass is 35.5. The van der Waals surface area contributed by atoms with Gasteiger partial charge in [0.15, 0.2) is 5.82 Å². The van der Waals surface area contributed by atoms with E-state index in [9.17, 15) is 0 Å². The molecule has 0 aliphatic rings. The Labute approximate surface area is 209 Å². The molecule has 35 heavy (non-hydrogen) atoms. The second-order valence-electron chi connectivity index (χ2n) is 8.42. The number of halogens is 1. The molecule has 2 nitrogen and oxygen atoms in total. The Morgan fingerprint density at radius 2 is 1.03 bits per heavy atom. The third-order valence-corrected chi connectivity index (χ3v) is 6.47. The van der Waals surface area contributed by atoms with E-state index in [1.54, 1.807) is 0 Å². The van der Waals surface area contributed by atoms with Crippen molar-refractivity contribution in [2.75, 3.05) is 0 Å². The van der Waals surface area contributed by atoms with E-state index in [-0.39, 0.29) is 0 Å². The predicted octanol–water partition coefficient (Wildman–Crippen LogP) is 8.95. The second kappa shape index (κ2) is 9.17. The molecule has 0 atom stereocenters. The smallest absolute Gasteiger partial charge is 0.160 e. The van der Waals surface area contributed by atoms with Crippen molar-refractivity contribution in [1.82, 2.24) is 9.97 Å². The number of rotatable bonds is 4. The third kappa shape index (κ3) is 4.21. The Balaban J connectivity index is 1.54. The van der Waals surface area contributed by atoms with E-state index in [1.165, 1.54) is 0 Å². The van der Waals surface area contributed by atoms with E-state index in [1.807, 2.05) is 60.7 Å². The summed E-state index contributed by atoms with van der Waals surface area (Å²) < 4.78 is 0. The zero-order chi connectivity index (χ0) is 23.6. The van der Waals surface area contributed by atoms with E-state index >= 15 is 0 Å². The van der Waals surface area contributed by atoms with Gasteiger partial charge in [-0.25, -0.2) is 9.97 Å². The van der Waals surface area contributed by atoms with Gasteiger partial charge >= 0.3 is 0 Å². The van der Waals surface area contributed by atoms with Crippen LogP contribution in [-0.4, -0.2) is 9.97 Å². The zero-order valence-electron chi connectivity index (χ0n) is 18.9. The molecule has 6 rings (SSSR count). The van der Waals surface area contributed by atoms with Crippen LogP contribution < -0.4 is 0 Å². The molecular formula is C32H21ClN2.